The molecule has 0 radical (unpaired) electrons. The number of methoxy groups -OCH3 is 1. The smallest absolute Gasteiger partial charge is 0.0710 e. The van der Waals surface area contributed by atoms with E-state index < -0.39 is 0 Å². The first-order valence-corrected chi connectivity index (χ1v) is 5.54. The maximum atomic E-state index is 4.98. The summed E-state index contributed by atoms with van der Waals surface area (Å²) in [6.07, 6.45) is 5.42. The third kappa shape index (κ3) is 3.12. The Balaban J connectivity index is 2.02. The van der Waals surface area contributed by atoms with Crippen LogP contribution in [0.4, 0.5) is 0 Å². The zero-order chi connectivity index (χ0) is 11.9. The molecule has 2 aromatic heterocycles. The summed E-state index contributed by atoms with van der Waals surface area (Å²) >= 11 is 0. The fourth-order valence-electron chi connectivity index (χ4n) is 1.60. The van der Waals surface area contributed by atoms with Gasteiger partial charge in [0.25, 0.3) is 0 Å². The Morgan fingerprint density at radius 1 is 1.41 bits per heavy atom. The van der Waals surface area contributed by atoms with Crippen LogP contribution in [0.1, 0.15) is 5.56 Å². The highest BCUT2D eigenvalue weighted by Gasteiger charge is 2.06. The van der Waals surface area contributed by atoms with E-state index in [0.717, 1.165) is 29.9 Å². The third-order valence-electron chi connectivity index (χ3n) is 2.47. The van der Waals surface area contributed by atoms with Crippen LogP contribution < -0.4 is 5.32 Å². The van der Waals surface area contributed by atoms with Gasteiger partial charge < -0.3 is 10.1 Å². The maximum Gasteiger partial charge on any atom is 0.0710 e. The molecule has 0 aliphatic carbocycles. The summed E-state index contributed by atoms with van der Waals surface area (Å²) < 4.78 is 4.98. The third-order valence-corrected chi connectivity index (χ3v) is 2.47. The van der Waals surface area contributed by atoms with Crippen molar-refractivity contribution in [3.8, 4) is 11.3 Å². The summed E-state index contributed by atoms with van der Waals surface area (Å²) in [4.78, 5) is 4.10. The van der Waals surface area contributed by atoms with Crippen LogP contribution in [0.15, 0.2) is 30.7 Å². The molecule has 90 valence electrons. The highest BCUT2D eigenvalue weighted by atomic mass is 16.5. The molecule has 2 N–H and O–H groups in total. The molecule has 2 aromatic rings. The van der Waals surface area contributed by atoms with Crippen molar-refractivity contribution in [2.24, 2.45) is 0 Å². The molecule has 2 heterocycles. The minimum absolute atomic E-state index is 0.708. The van der Waals surface area contributed by atoms with Crippen molar-refractivity contribution in [3.05, 3.63) is 36.3 Å². The predicted octanol–water partition coefficient (Wildman–Crippen LogP) is 1.21. The number of pyridine rings is 1. The fraction of sp³-hybridized carbons (Fsp3) is 0.333. The van der Waals surface area contributed by atoms with E-state index in [1.54, 1.807) is 13.3 Å². The second kappa shape index (κ2) is 6.12. The van der Waals surface area contributed by atoms with Gasteiger partial charge in [-0.25, -0.2) is 0 Å². The molecule has 0 aliphatic rings. The molecule has 5 heteroatoms. The van der Waals surface area contributed by atoms with Crippen LogP contribution in [0.2, 0.25) is 0 Å². The second-order valence-corrected chi connectivity index (χ2v) is 3.68. The molecule has 0 unspecified atom stereocenters. The van der Waals surface area contributed by atoms with E-state index in [9.17, 15) is 0 Å². The molecular weight excluding hydrogens is 216 g/mol. The van der Waals surface area contributed by atoms with E-state index in [1.807, 2.05) is 24.5 Å². The average Bonchev–Trinajstić information content (AvgIpc) is 2.84. The first kappa shape index (κ1) is 11.8. The number of aromatic nitrogens is 3. The summed E-state index contributed by atoms with van der Waals surface area (Å²) in [5.41, 5.74) is 3.20. The van der Waals surface area contributed by atoms with Gasteiger partial charge in [0.2, 0.25) is 0 Å². The van der Waals surface area contributed by atoms with Gasteiger partial charge >= 0.3 is 0 Å². The van der Waals surface area contributed by atoms with E-state index in [-0.39, 0.29) is 0 Å². The molecule has 0 bridgehead atoms. The Labute approximate surface area is 100 Å². The highest BCUT2D eigenvalue weighted by molar-refractivity contribution is 5.61. The van der Waals surface area contributed by atoms with E-state index in [4.69, 9.17) is 4.74 Å². The minimum atomic E-state index is 0.708. The first-order chi connectivity index (χ1) is 8.42. The van der Waals surface area contributed by atoms with Gasteiger partial charge in [-0.3, -0.25) is 10.1 Å². The van der Waals surface area contributed by atoms with Crippen LogP contribution in [0.3, 0.4) is 0 Å². The van der Waals surface area contributed by atoms with Crippen molar-refractivity contribution < 1.29 is 4.74 Å². The molecule has 2 rings (SSSR count). The first-order valence-electron chi connectivity index (χ1n) is 5.54. The van der Waals surface area contributed by atoms with Crippen molar-refractivity contribution in [1.29, 1.82) is 0 Å². The van der Waals surface area contributed by atoms with Crippen molar-refractivity contribution >= 4 is 0 Å². The van der Waals surface area contributed by atoms with E-state index in [0.29, 0.717) is 6.61 Å². The largest absolute Gasteiger partial charge is 0.383 e. The zero-order valence-corrected chi connectivity index (χ0v) is 9.81. The number of hydrogen-bond acceptors (Lipinski definition) is 4. The summed E-state index contributed by atoms with van der Waals surface area (Å²) in [6, 6.07) is 3.93. The van der Waals surface area contributed by atoms with Gasteiger partial charge in [0.1, 0.15) is 0 Å². The lowest BCUT2D eigenvalue weighted by Crippen LogP contribution is -2.18. The van der Waals surface area contributed by atoms with Crippen LogP contribution >= 0.6 is 0 Å². The molecule has 0 saturated carbocycles. The minimum Gasteiger partial charge on any atom is -0.383 e. The Hall–Kier alpha value is -1.72. The van der Waals surface area contributed by atoms with Crippen LogP contribution in [0, 0.1) is 0 Å². The number of nitrogens with one attached hydrogen (secondary N) is 2. The molecule has 0 atom stereocenters. The number of nitrogens with zero attached hydrogens (tertiary/aromatic N) is 2. The number of rotatable bonds is 6. The van der Waals surface area contributed by atoms with Crippen LogP contribution in [0.25, 0.3) is 11.3 Å². The molecule has 0 aromatic carbocycles. The molecular formula is C12H16N4O. The van der Waals surface area contributed by atoms with Gasteiger partial charge in [-0.15, -0.1) is 0 Å². The van der Waals surface area contributed by atoms with E-state index >= 15 is 0 Å². The summed E-state index contributed by atoms with van der Waals surface area (Å²) in [5.74, 6) is 0. The van der Waals surface area contributed by atoms with Gasteiger partial charge in [0.15, 0.2) is 0 Å². The van der Waals surface area contributed by atoms with Gasteiger partial charge in [-0.05, 0) is 12.1 Å². The molecule has 0 saturated heterocycles. The standard InChI is InChI=1S/C12H16N4O/c1-17-6-5-14-8-11-9-15-16-12(11)10-3-2-4-13-7-10/h2-4,7,9,14H,5-6,8H2,1H3,(H,15,16). The number of H-pyrrole nitrogens is 1. The van der Waals surface area contributed by atoms with E-state index in [2.05, 4.69) is 20.5 Å². The monoisotopic (exact) mass is 232 g/mol. The second-order valence-electron chi connectivity index (χ2n) is 3.68. The summed E-state index contributed by atoms with van der Waals surface area (Å²) in [7, 11) is 1.70. The van der Waals surface area contributed by atoms with E-state index in [1.165, 1.54) is 0 Å². The fourth-order valence-corrected chi connectivity index (χ4v) is 1.60. The summed E-state index contributed by atoms with van der Waals surface area (Å²) in [5, 5.41) is 10.4. The average molecular weight is 232 g/mol. The molecule has 0 fully saturated rings. The lowest BCUT2D eigenvalue weighted by Gasteiger charge is -2.04. The van der Waals surface area contributed by atoms with Crippen LogP contribution in [-0.4, -0.2) is 35.4 Å². The molecule has 0 spiro atoms. The molecule has 0 amide bonds. The molecule has 5 nitrogen and oxygen atoms in total. The van der Waals surface area contributed by atoms with Gasteiger partial charge in [0, 0.05) is 43.7 Å². The number of aromatic amines is 1. The Morgan fingerprint density at radius 2 is 2.35 bits per heavy atom. The lowest BCUT2D eigenvalue weighted by molar-refractivity contribution is 0.199. The Morgan fingerprint density at radius 3 is 3.12 bits per heavy atom. The van der Waals surface area contributed by atoms with Crippen LogP contribution in [0.5, 0.6) is 0 Å². The summed E-state index contributed by atoms with van der Waals surface area (Å²) in [6.45, 7) is 2.30. The van der Waals surface area contributed by atoms with Gasteiger partial charge in [-0.2, -0.15) is 5.10 Å². The molecule has 0 aliphatic heterocycles. The quantitative estimate of drug-likeness (QED) is 0.735. The zero-order valence-electron chi connectivity index (χ0n) is 9.81. The van der Waals surface area contributed by atoms with Crippen molar-refractivity contribution in [3.63, 3.8) is 0 Å². The topological polar surface area (TPSA) is 62.8 Å². The predicted molar refractivity (Wildman–Crippen MR) is 65.4 cm³/mol. The van der Waals surface area contributed by atoms with Crippen molar-refractivity contribution in [2.45, 2.75) is 6.54 Å². The normalized spacial score (nSPS) is 10.6. The number of ether oxygens (including phenoxy) is 1. The molecule has 17 heavy (non-hydrogen) atoms. The lowest BCUT2D eigenvalue weighted by atomic mass is 10.1. The highest BCUT2D eigenvalue weighted by Crippen LogP contribution is 2.19. The van der Waals surface area contributed by atoms with Crippen molar-refractivity contribution in [1.82, 2.24) is 20.5 Å². The van der Waals surface area contributed by atoms with Gasteiger partial charge in [-0.1, -0.05) is 0 Å². The van der Waals surface area contributed by atoms with Gasteiger partial charge in [0.05, 0.1) is 18.5 Å². The SMILES string of the molecule is COCCNCc1cn[nH]c1-c1cccnc1. The number of hydrogen-bond donors (Lipinski definition) is 2. The van der Waals surface area contributed by atoms with Crippen LogP contribution in [-0.2, 0) is 11.3 Å². The van der Waals surface area contributed by atoms with Crippen molar-refractivity contribution in [2.75, 3.05) is 20.3 Å². The maximum absolute atomic E-state index is 4.98. The Bertz CT molecular complexity index is 441. The Kier molecular flexibility index (Phi) is 4.23.